The molecule has 0 aliphatic heterocycles. The van der Waals surface area contributed by atoms with Crippen molar-refractivity contribution in [3.8, 4) is 22.6 Å². The molecule has 0 fully saturated rings. The van der Waals surface area contributed by atoms with Crippen LogP contribution in [-0.2, 0) is 6.42 Å². The van der Waals surface area contributed by atoms with Crippen LogP contribution in [0.1, 0.15) is 107 Å². The van der Waals surface area contributed by atoms with E-state index in [0.29, 0.717) is 17.9 Å². The van der Waals surface area contributed by atoms with Gasteiger partial charge in [0.2, 0.25) is 0 Å². The predicted molar refractivity (Wildman–Crippen MR) is 164 cm³/mol. The number of carbonyl (C=O) groups is 1. The lowest BCUT2D eigenvalue weighted by Crippen LogP contribution is -2.08. The summed E-state index contributed by atoms with van der Waals surface area (Å²) in [5.41, 5.74) is 4.19. The summed E-state index contributed by atoms with van der Waals surface area (Å²) in [5.74, 6) is 1.82. The van der Waals surface area contributed by atoms with Crippen molar-refractivity contribution in [3.05, 3.63) is 83.9 Å². The molecule has 3 nitrogen and oxygen atoms in total. The number of ether oxygens (including phenoxy) is 2. The molecule has 210 valence electrons. The van der Waals surface area contributed by atoms with Crippen LogP contribution >= 0.6 is 0 Å². The second-order valence-electron chi connectivity index (χ2n) is 10.9. The summed E-state index contributed by atoms with van der Waals surface area (Å²) < 4.78 is 11.4. The molecule has 0 aromatic heterocycles. The molecule has 1 atom stereocenters. The first kappa shape index (κ1) is 30.5. The fraction of sp³-hybridized carbons (Fsp3) is 0.472. The highest BCUT2D eigenvalue weighted by Gasteiger charge is 2.09. The smallest absolute Gasteiger partial charge is 0.343 e. The van der Waals surface area contributed by atoms with Gasteiger partial charge >= 0.3 is 5.97 Å². The summed E-state index contributed by atoms with van der Waals surface area (Å²) in [6.07, 6.45) is 15.1. The van der Waals surface area contributed by atoms with Gasteiger partial charge < -0.3 is 9.47 Å². The van der Waals surface area contributed by atoms with Crippen LogP contribution in [0, 0.1) is 5.92 Å². The molecular weight excluding hydrogens is 480 g/mol. The van der Waals surface area contributed by atoms with Gasteiger partial charge in [0.05, 0.1) is 12.2 Å². The number of aryl methyl sites for hydroxylation is 1. The molecule has 0 spiro atoms. The molecule has 39 heavy (non-hydrogen) atoms. The van der Waals surface area contributed by atoms with E-state index < -0.39 is 0 Å². The largest absolute Gasteiger partial charge is 0.494 e. The maximum Gasteiger partial charge on any atom is 0.343 e. The number of hydrogen-bond acceptors (Lipinski definition) is 3. The molecule has 0 heterocycles. The minimum absolute atomic E-state index is 0.362. The third-order valence-corrected chi connectivity index (χ3v) is 7.57. The molecule has 0 bridgehead atoms. The van der Waals surface area contributed by atoms with E-state index in [4.69, 9.17) is 9.47 Å². The maximum atomic E-state index is 12.6. The Balaban J connectivity index is 1.40. The Kier molecular flexibility index (Phi) is 13.7. The minimum atomic E-state index is -0.362. The number of rotatable bonds is 18. The van der Waals surface area contributed by atoms with Gasteiger partial charge in [0.15, 0.2) is 0 Å². The van der Waals surface area contributed by atoms with E-state index in [2.05, 4.69) is 45.0 Å². The van der Waals surface area contributed by atoms with Crippen molar-refractivity contribution >= 4 is 5.97 Å². The van der Waals surface area contributed by atoms with E-state index in [1.807, 2.05) is 36.4 Å². The summed E-state index contributed by atoms with van der Waals surface area (Å²) in [6, 6.07) is 23.8. The molecule has 0 N–H and O–H groups in total. The lowest BCUT2D eigenvalue weighted by molar-refractivity contribution is 0.0734. The Labute approximate surface area is 237 Å². The highest BCUT2D eigenvalue weighted by molar-refractivity contribution is 5.91. The molecule has 0 radical (unpaired) electrons. The number of carbonyl (C=O) groups excluding carboxylic acids is 1. The van der Waals surface area contributed by atoms with Gasteiger partial charge in [0.25, 0.3) is 0 Å². The normalized spacial score (nSPS) is 11.8. The van der Waals surface area contributed by atoms with E-state index in [1.54, 1.807) is 12.1 Å². The van der Waals surface area contributed by atoms with Gasteiger partial charge in [-0.2, -0.15) is 0 Å². The molecular formula is C36H48O3. The first-order chi connectivity index (χ1) is 19.1. The summed E-state index contributed by atoms with van der Waals surface area (Å²) >= 11 is 0. The predicted octanol–water partition coefficient (Wildman–Crippen LogP) is 10.5. The van der Waals surface area contributed by atoms with Crippen molar-refractivity contribution in [3.63, 3.8) is 0 Å². The lowest BCUT2D eigenvalue weighted by atomic mass is 9.98. The Bertz CT molecular complexity index is 1070. The first-order valence-corrected chi connectivity index (χ1v) is 15.2. The molecule has 0 unspecified atom stereocenters. The van der Waals surface area contributed by atoms with Crippen molar-refractivity contribution in [2.24, 2.45) is 5.92 Å². The minimum Gasteiger partial charge on any atom is -0.494 e. The van der Waals surface area contributed by atoms with Crippen LogP contribution in [-0.4, -0.2) is 12.6 Å². The molecule has 0 aliphatic rings. The van der Waals surface area contributed by atoms with Crippen molar-refractivity contribution in [2.45, 2.75) is 97.8 Å². The average molecular weight is 529 g/mol. The van der Waals surface area contributed by atoms with Crippen LogP contribution in [0.15, 0.2) is 72.8 Å². The standard InChI is InChI=1S/C36H48O3/c1-4-6-7-8-9-13-28-38-34-24-22-33(23-25-34)36(37)39-35-26-20-32(21-27-35)31-18-16-30(17-19-31)15-12-10-11-14-29(3)5-2/h16-27,29H,4-15,28H2,1-3H3/t29-/m0/s1. The molecule has 0 aliphatic carbocycles. The third-order valence-electron chi connectivity index (χ3n) is 7.57. The number of hydrogen-bond donors (Lipinski definition) is 0. The fourth-order valence-corrected chi connectivity index (χ4v) is 4.71. The van der Waals surface area contributed by atoms with Crippen molar-refractivity contribution < 1.29 is 14.3 Å². The summed E-state index contributed by atoms with van der Waals surface area (Å²) in [6.45, 7) is 7.57. The van der Waals surface area contributed by atoms with Crippen molar-refractivity contribution in [1.29, 1.82) is 0 Å². The first-order valence-electron chi connectivity index (χ1n) is 15.2. The summed E-state index contributed by atoms with van der Waals surface area (Å²) in [4.78, 5) is 12.6. The van der Waals surface area contributed by atoms with Crippen LogP contribution in [0.3, 0.4) is 0 Å². The maximum absolute atomic E-state index is 12.6. The molecule has 3 aromatic rings. The van der Waals surface area contributed by atoms with E-state index in [1.165, 1.54) is 75.3 Å². The average Bonchev–Trinajstić information content (AvgIpc) is 2.97. The lowest BCUT2D eigenvalue weighted by Gasteiger charge is -2.09. The quantitative estimate of drug-likeness (QED) is 0.0935. The molecule has 3 aromatic carbocycles. The second-order valence-corrected chi connectivity index (χ2v) is 10.9. The second kappa shape index (κ2) is 17.5. The van der Waals surface area contributed by atoms with Gasteiger partial charge in [-0.15, -0.1) is 0 Å². The Morgan fingerprint density at radius 2 is 1.26 bits per heavy atom. The third kappa shape index (κ3) is 11.3. The molecule has 0 amide bonds. The van der Waals surface area contributed by atoms with Crippen molar-refractivity contribution in [1.82, 2.24) is 0 Å². The summed E-state index contributed by atoms with van der Waals surface area (Å²) in [7, 11) is 0. The molecule has 3 heteroatoms. The fourth-order valence-electron chi connectivity index (χ4n) is 4.71. The molecule has 3 rings (SSSR count). The zero-order valence-corrected chi connectivity index (χ0v) is 24.4. The SMILES string of the molecule is CCCCCCCCOc1ccc(C(=O)Oc2ccc(-c3ccc(CCCCC[C@@H](C)CC)cc3)cc2)cc1. The van der Waals surface area contributed by atoms with E-state index in [9.17, 15) is 4.79 Å². The highest BCUT2D eigenvalue weighted by atomic mass is 16.5. The molecule has 0 saturated carbocycles. The van der Waals surface area contributed by atoms with E-state index in [0.717, 1.165) is 30.1 Å². The van der Waals surface area contributed by atoms with Gasteiger partial charge in [-0.25, -0.2) is 4.79 Å². The topological polar surface area (TPSA) is 35.5 Å². The number of benzene rings is 3. The van der Waals surface area contributed by atoms with Crippen LogP contribution in [0.2, 0.25) is 0 Å². The molecule has 0 saturated heterocycles. The van der Waals surface area contributed by atoms with Gasteiger partial charge in [0.1, 0.15) is 11.5 Å². The Morgan fingerprint density at radius 3 is 1.92 bits per heavy atom. The Hall–Kier alpha value is -3.07. The Morgan fingerprint density at radius 1 is 0.667 bits per heavy atom. The van der Waals surface area contributed by atoms with E-state index in [-0.39, 0.29) is 5.97 Å². The number of esters is 1. The van der Waals surface area contributed by atoms with Gasteiger partial charge in [-0.3, -0.25) is 0 Å². The zero-order chi connectivity index (χ0) is 27.7. The summed E-state index contributed by atoms with van der Waals surface area (Å²) in [5, 5.41) is 0. The van der Waals surface area contributed by atoms with Crippen LogP contribution in [0.25, 0.3) is 11.1 Å². The zero-order valence-electron chi connectivity index (χ0n) is 24.4. The van der Waals surface area contributed by atoms with E-state index >= 15 is 0 Å². The van der Waals surface area contributed by atoms with Crippen LogP contribution in [0.4, 0.5) is 0 Å². The van der Waals surface area contributed by atoms with Crippen LogP contribution in [0.5, 0.6) is 11.5 Å². The van der Waals surface area contributed by atoms with Gasteiger partial charge in [0, 0.05) is 0 Å². The highest BCUT2D eigenvalue weighted by Crippen LogP contribution is 2.24. The monoisotopic (exact) mass is 528 g/mol. The number of unbranched alkanes of at least 4 members (excludes halogenated alkanes) is 7. The van der Waals surface area contributed by atoms with Gasteiger partial charge in [-0.05, 0) is 78.3 Å². The van der Waals surface area contributed by atoms with Crippen molar-refractivity contribution in [2.75, 3.05) is 6.61 Å². The van der Waals surface area contributed by atoms with Gasteiger partial charge in [-0.1, -0.05) is 115 Å². The van der Waals surface area contributed by atoms with Crippen LogP contribution < -0.4 is 9.47 Å².